The van der Waals surface area contributed by atoms with E-state index >= 15 is 0 Å². The summed E-state index contributed by atoms with van der Waals surface area (Å²) < 4.78 is 0. The number of fused-ring (bicyclic) bond motifs is 1. The number of H-pyrrole nitrogens is 1. The van der Waals surface area contributed by atoms with E-state index in [0.717, 1.165) is 15.8 Å². The number of carbonyl (C=O) groups excluding carboxylic acids is 1. The molecule has 2 heterocycles. The molecule has 106 valence electrons. The van der Waals surface area contributed by atoms with Crippen molar-refractivity contribution in [1.82, 2.24) is 15.1 Å². The number of hydrogen-bond acceptors (Lipinski definition) is 3. The van der Waals surface area contributed by atoms with E-state index in [9.17, 15) is 4.79 Å². The number of thiophene rings is 1. The quantitative estimate of drug-likeness (QED) is 0.733. The van der Waals surface area contributed by atoms with E-state index in [1.807, 2.05) is 35.7 Å². The lowest BCUT2D eigenvalue weighted by Gasteiger charge is -2.20. The van der Waals surface area contributed by atoms with E-state index < -0.39 is 0 Å². The Kier molecular flexibility index (Phi) is 3.83. The molecule has 0 aliphatic carbocycles. The van der Waals surface area contributed by atoms with E-state index in [0.29, 0.717) is 18.7 Å². The van der Waals surface area contributed by atoms with Crippen LogP contribution in [0.4, 0.5) is 0 Å². The highest BCUT2D eigenvalue weighted by atomic mass is 32.1. The summed E-state index contributed by atoms with van der Waals surface area (Å²) in [5.74, 6) is -0.0156. The summed E-state index contributed by atoms with van der Waals surface area (Å²) in [7, 11) is 0. The first-order valence-electron chi connectivity index (χ1n) is 6.64. The van der Waals surface area contributed by atoms with Gasteiger partial charge in [0.15, 0.2) is 0 Å². The van der Waals surface area contributed by atoms with Crippen LogP contribution in [-0.2, 0) is 6.54 Å². The smallest absolute Gasteiger partial charge is 0.256 e. The van der Waals surface area contributed by atoms with Gasteiger partial charge in [-0.15, -0.1) is 17.9 Å². The highest BCUT2D eigenvalue weighted by Crippen LogP contribution is 2.19. The number of aromatic amines is 1. The van der Waals surface area contributed by atoms with Gasteiger partial charge in [0.05, 0.1) is 23.8 Å². The van der Waals surface area contributed by atoms with Gasteiger partial charge in [-0.25, -0.2) is 0 Å². The number of nitrogens with one attached hydrogen (secondary N) is 1. The third kappa shape index (κ3) is 2.73. The Bertz CT molecular complexity index is 761. The zero-order valence-electron chi connectivity index (χ0n) is 11.5. The van der Waals surface area contributed by atoms with Gasteiger partial charge in [0, 0.05) is 16.8 Å². The molecule has 1 aromatic carbocycles. The molecule has 0 aliphatic heterocycles. The molecule has 0 fully saturated rings. The van der Waals surface area contributed by atoms with Crippen LogP contribution in [0, 0.1) is 0 Å². The van der Waals surface area contributed by atoms with Gasteiger partial charge >= 0.3 is 0 Å². The van der Waals surface area contributed by atoms with E-state index in [1.165, 1.54) is 0 Å². The van der Waals surface area contributed by atoms with Crippen LogP contribution in [0.2, 0.25) is 0 Å². The molecule has 21 heavy (non-hydrogen) atoms. The lowest BCUT2D eigenvalue weighted by molar-refractivity contribution is 0.0766. The molecule has 0 atom stereocenters. The molecule has 0 unspecified atom stereocenters. The summed E-state index contributed by atoms with van der Waals surface area (Å²) in [6.45, 7) is 4.85. The minimum absolute atomic E-state index is 0.0156. The highest BCUT2D eigenvalue weighted by Gasteiger charge is 2.18. The predicted octanol–water partition coefficient (Wildman–Crippen LogP) is 3.45. The van der Waals surface area contributed by atoms with Crippen LogP contribution < -0.4 is 0 Å². The summed E-state index contributed by atoms with van der Waals surface area (Å²) in [5.41, 5.74) is 1.42. The molecule has 1 amide bonds. The lowest BCUT2D eigenvalue weighted by Crippen LogP contribution is -2.30. The molecular weight excluding hydrogens is 282 g/mol. The highest BCUT2D eigenvalue weighted by molar-refractivity contribution is 7.09. The van der Waals surface area contributed by atoms with Gasteiger partial charge in [0.25, 0.3) is 5.91 Å². The molecule has 3 aromatic rings. The minimum Gasteiger partial charge on any atom is -0.330 e. The Balaban J connectivity index is 1.93. The van der Waals surface area contributed by atoms with E-state index in [4.69, 9.17) is 0 Å². The second-order valence-electron chi connectivity index (χ2n) is 4.69. The molecule has 0 saturated carbocycles. The zero-order valence-corrected chi connectivity index (χ0v) is 12.3. The Morgan fingerprint density at radius 2 is 2.29 bits per heavy atom. The first kappa shape index (κ1) is 13.6. The second-order valence-corrected chi connectivity index (χ2v) is 5.73. The molecule has 0 aliphatic rings. The first-order valence-corrected chi connectivity index (χ1v) is 7.52. The topological polar surface area (TPSA) is 49.0 Å². The third-order valence-corrected chi connectivity index (χ3v) is 4.13. The number of amides is 1. The summed E-state index contributed by atoms with van der Waals surface area (Å²) in [5, 5.41) is 9.87. The molecule has 0 spiro atoms. The van der Waals surface area contributed by atoms with Crippen LogP contribution >= 0.6 is 11.3 Å². The van der Waals surface area contributed by atoms with Crippen molar-refractivity contribution in [2.45, 2.75) is 6.54 Å². The van der Waals surface area contributed by atoms with Crippen molar-refractivity contribution < 1.29 is 4.79 Å². The number of rotatable bonds is 5. The van der Waals surface area contributed by atoms with Crippen molar-refractivity contribution in [1.29, 1.82) is 0 Å². The number of nitrogens with zero attached hydrogens (tertiary/aromatic N) is 2. The molecule has 1 N–H and O–H groups in total. The van der Waals surface area contributed by atoms with Crippen LogP contribution in [-0.4, -0.2) is 27.5 Å². The van der Waals surface area contributed by atoms with Crippen molar-refractivity contribution in [3.8, 4) is 0 Å². The lowest BCUT2D eigenvalue weighted by atomic mass is 10.1. The maximum absolute atomic E-state index is 12.8. The SMILES string of the molecule is C=CCN(Cc1cccs1)C(=O)c1cccc2cn[nH]c12. The Morgan fingerprint density at radius 1 is 1.38 bits per heavy atom. The molecule has 4 nitrogen and oxygen atoms in total. The maximum Gasteiger partial charge on any atom is 0.256 e. The summed E-state index contributed by atoms with van der Waals surface area (Å²) in [4.78, 5) is 15.7. The Hall–Kier alpha value is -2.40. The number of para-hydroxylation sites is 1. The molecular formula is C16H15N3OS. The minimum atomic E-state index is -0.0156. The molecule has 0 bridgehead atoms. The monoisotopic (exact) mass is 297 g/mol. The molecule has 5 heteroatoms. The van der Waals surface area contributed by atoms with Crippen LogP contribution in [0.1, 0.15) is 15.2 Å². The second kappa shape index (κ2) is 5.93. The average Bonchev–Trinajstić information content (AvgIpc) is 3.16. The van der Waals surface area contributed by atoms with Gasteiger partial charge in [-0.3, -0.25) is 9.89 Å². The van der Waals surface area contributed by atoms with Gasteiger partial charge in [-0.05, 0) is 17.5 Å². The fraction of sp³-hybridized carbons (Fsp3) is 0.125. The number of aromatic nitrogens is 2. The third-order valence-electron chi connectivity index (χ3n) is 3.27. The van der Waals surface area contributed by atoms with Crippen LogP contribution in [0.15, 0.2) is 54.6 Å². The fourth-order valence-corrected chi connectivity index (χ4v) is 3.00. The zero-order chi connectivity index (χ0) is 14.7. The number of benzene rings is 1. The molecule has 2 aromatic heterocycles. The predicted molar refractivity (Wildman–Crippen MR) is 85.4 cm³/mol. The first-order chi connectivity index (χ1) is 10.3. The van der Waals surface area contributed by atoms with E-state index in [-0.39, 0.29) is 5.91 Å². The Labute approximate surface area is 126 Å². The van der Waals surface area contributed by atoms with E-state index in [1.54, 1.807) is 28.5 Å². The molecule has 0 radical (unpaired) electrons. The van der Waals surface area contributed by atoms with Crippen LogP contribution in [0.25, 0.3) is 10.9 Å². The van der Waals surface area contributed by atoms with Crippen molar-refractivity contribution in [3.05, 3.63) is 65.0 Å². The number of hydrogen-bond donors (Lipinski definition) is 1. The summed E-state index contributed by atoms with van der Waals surface area (Å²) in [6.07, 6.45) is 3.47. The largest absolute Gasteiger partial charge is 0.330 e. The fourth-order valence-electron chi connectivity index (χ4n) is 2.28. The van der Waals surface area contributed by atoms with Crippen LogP contribution in [0.3, 0.4) is 0 Å². The van der Waals surface area contributed by atoms with Gasteiger partial charge in [0.1, 0.15) is 0 Å². The van der Waals surface area contributed by atoms with Crippen molar-refractivity contribution in [2.75, 3.05) is 6.54 Å². The van der Waals surface area contributed by atoms with Crippen LogP contribution in [0.5, 0.6) is 0 Å². The van der Waals surface area contributed by atoms with Crippen molar-refractivity contribution >= 4 is 28.1 Å². The van der Waals surface area contributed by atoms with Gasteiger partial charge in [-0.2, -0.15) is 5.10 Å². The summed E-state index contributed by atoms with van der Waals surface area (Å²) in [6, 6.07) is 9.67. The Morgan fingerprint density at radius 3 is 3.05 bits per heavy atom. The van der Waals surface area contributed by atoms with Crippen molar-refractivity contribution in [2.24, 2.45) is 0 Å². The van der Waals surface area contributed by atoms with Gasteiger partial charge in [0.2, 0.25) is 0 Å². The average molecular weight is 297 g/mol. The van der Waals surface area contributed by atoms with E-state index in [2.05, 4.69) is 16.8 Å². The van der Waals surface area contributed by atoms with Gasteiger partial charge in [-0.1, -0.05) is 24.3 Å². The molecule has 0 saturated heterocycles. The maximum atomic E-state index is 12.8. The van der Waals surface area contributed by atoms with Gasteiger partial charge < -0.3 is 4.90 Å². The standard InChI is InChI=1S/C16H15N3OS/c1-2-8-19(11-13-6-4-9-21-13)16(20)14-7-3-5-12-10-17-18-15(12)14/h2-7,9-10H,1,8,11H2,(H,17,18). The normalized spacial score (nSPS) is 10.7. The summed E-state index contributed by atoms with van der Waals surface area (Å²) >= 11 is 1.65. The van der Waals surface area contributed by atoms with Crippen molar-refractivity contribution in [3.63, 3.8) is 0 Å². The number of carbonyl (C=O) groups is 1. The molecule has 3 rings (SSSR count).